The summed E-state index contributed by atoms with van der Waals surface area (Å²) in [6.45, 7) is 2.14. The highest BCUT2D eigenvalue weighted by Crippen LogP contribution is 2.24. The lowest BCUT2D eigenvalue weighted by molar-refractivity contribution is 0.496. The molecule has 0 unspecified atom stereocenters. The highest BCUT2D eigenvalue weighted by molar-refractivity contribution is 5.63. The number of aryl methyl sites for hydroxylation is 1. The van der Waals surface area contributed by atoms with E-state index in [2.05, 4.69) is 17.1 Å². The summed E-state index contributed by atoms with van der Waals surface area (Å²) in [6.07, 6.45) is 4.70. The van der Waals surface area contributed by atoms with Crippen molar-refractivity contribution in [1.29, 1.82) is 0 Å². The Kier molecular flexibility index (Phi) is 3.63. The van der Waals surface area contributed by atoms with Crippen LogP contribution in [0.4, 0.5) is 0 Å². The van der Waals surface area contributed by atoms with E-state index < -0.39 is 0 Å². The van der Waals surface area contributed by atoms with Gasteiger partial charge in [0, 0.05) is 17.5 Å². The third-order valence-corrected chi connectivity index (χ3v) is 3.15. The van der Waals surface area contributed by atoms with E-state index >= 15 is 0 Å². The van der Waals surface area contributed by atoms with Crippen LogP contribution in [-0.4, -0.2) is 10.2 Å². The quantitative estimate of drug-likeness (QED) is 0.690. The molecule has 0 saturated heterocycles. The first-order valence-corrected chi connectivity index (χ1v) is 6.83. The van der Waals surface area contributed by atoms with E-state index in [1.807, 2.05) is 36.4 Å². The van der Waals surface area contributed by atoms with E-state index in [9.17, 15) is 0 Å². The molecule has 102 valence electrons. The third-order valence-electron chi connectivity index (χ3n) is 3.15. The lowest BCUT2D eigenvalue weighted by Gasteiger charge is -1.98. The van der Waals surface area contributed by atoms with Crippen molar-refractivity contribution in [3.05, 3.63) is 48.6 Å². The molecule has 0 aliphatic rings. The molecule has 20 heavy (non-hydrogen) atoms. The average Bonchev–Trinajstić information content (AvgIpc) is 3.17. The molecule has 4 nitrogen and oxygen atoms in total. The van der Waals surface area contributed by atoms with Crippen LogP contribution in [0.1, 0.15) is 25.7 Å². The number of nitrogens with zero attached hydrogens (tertiary/aromatic N) is 2. The van der Waals surface area contributed by atoms with Gasteiger partial charge in [-0.2, -0.15) is 0 Å². The molecule has 4 heteroatoms. The highest BCUT2D eigenvalue weighted by atomic mass is 16.4. The minimum atomic E-state index is 0.571. The summed E-state index contributed by atoms with van der Waals surface area (Å²) in [5.41, 5.74) is 1.96. The van der Waals surface area contributed by atoms with Gasteiger partial charge in [0.2, 0.25) is 11.8 Å². The zero-order chi connectivity index (χ0) is 13.8. The maximum Gasteiger partial charge on any atom is 0.247 e. The van der Waals surface area contributed by atoms with Gasteiger partial charge in [0.05, 0.1) is 6.26 Å². The monoisotopic (exact) mass is 268 g/mol. The molecule has 3 rings (SSSR count). The molecule has 0 fully saturated rings. The summed E-state index contributed by atoms with van der Waals surface area (Å²) in [7, 11) is 0. The second kappa shape index (κ2) is 5.74. The Labute approximate surface area is 117 Å². The minimum absolute atomic E-state index is 0.571. The van der Waals surface area contributed by atoms with E-state index in [0.717, 1.165) is 36.1 Å². The average molecular weight is 268 g/mol. The Balaban J connectivity index is 1.79. The van der Waals surface area contributed by atoms with E-state index in [-0.39, 0.29) is 0 Å². The van der Waals surface area contributed by atoms with Gasteiger partial charge in [-0.3, -0.25) is 0 Å². The van der Waals surface area contributed by atoms with Gasteiger partial charge in [0.1, 0.15) is 5.76 Å². The molecule has 2 aromatic heterocycles. The van der Waals surface area contributed by atoms with Crippen molar-refractivity contribution in [2.75, 3.05) is 0 Å². The molecule has 0 N–H and O–H groups in total. The van der Waals surface area contributed by atoms with Crippen LogP contribution in [-0.2, 0) is 6.42 Å². The number of aromatic nitrogens is 2. The van der Waals surface area contributed by atoms with Crippen molar-refractivity contribution < 1.29 is 8.83 Å². The van der Waals surface area contributed by atoms with Gasteiger partial charge in [-0.15, -0.1) is 10.2 Å². The molecular formula is C16H16N2O2. The van der Waals surface area contributed by atoms with E-state index in [0.29, 0.717) is 11.8 Å². The number of unbranched alkanes of at least 4 members (excludes halogenated alkanes) is 1. The van der Waals surface area contributed by atoms with Crippen LogP contribution in [0.5, 0.6) is 0 Å². The minimum Gasteiger partial charge on any atom is -0.464 e. The first-order chi connectivity index (χ1) is 9.86. The molecule has 0 atom stereocenters. The van der Waals surface area contributed by atoms with Crippen molar-refractivity contribution in [3.63, 3.8) is 0 Å². The third kappa shape index (κ3) is 2.64. The first kappa shape index (κ1) is 12.7. The van der Waals surface area contributed by atoms with Gasteiger partial charge in [-0.25, -0.2) is 0 Å². The molecule has 0 spiro atoms. The number of benzene rings is 1. The van der Waals surface area contributed by atoms with Gasteiger partial charge >= 0.3 is 0 Å². The van der Waals surface area contributed by atoms with Crippen LogP contribution in [0.25, 0.3) is 22.8 Å². The van der Waals surface area contributed by atoms with Crippen molar-refractivity contribution in [3.8, 4) is 22.8 Å². The normalized spacial score (nSPS) is 10.8. The summed E-state index contributed by atoms with van der Waals surface area (Å²) < 4.78 is 11.0. The molecule has 0 radical (unpaired) electrons. The second-order valence-corrected chi connectivity index (χ2v) is 4.66. The van der Waals surface area contributed by atoms with Crippen molar-refractivity contribution >= 4 is 0 Å². The second-order valence-electron chi connectivity index (χ2n) is 4.66. The Morgan fingerprint density at radius 1 is 1.00 bits per heavy atom. The maximum absolute atomic E-state index is 5.66. The van der Waals surface area contributed by atoms with Gasteiger partial charge in [-0.1, -0.05) is 25.5 Å². The number of hydrogen-bond acceptors (Lipinski definition) is 4. The van der Waals surface area contributed by atoms with Crippen molar-refractivity contribution in [1.82, 2.24) is 10.2 Å². The highest BCUT2D eigenvalue weighted by Gasteiger charge is 2.09. The molecule has 2 heterocycles. The zero-order valence-electron chi connectivity index (χ0n) is 11.4. The molecule has 3 aromatic rings. The molecule has 0 aliphatic heterocycles. The summed E-state index contributed by atoms with van der Waals surface area (Å²) >= 11 is 0. The molecule has 0 aliphatic carbocycles. The van der Waals surface area contributed by atoms with E-state index in [1.165, 1.54) is 0 Å². The largest absolute Gasteiger partial charge is 0.464 e. The topological polar surface area (TPSA) is 52.1 Å². The summed E-state index contributed by atoms with van der Waals surface area (Å²) in [6, 6.07) is 11.7. The summed E-state index contributed by atoms with van der Waals surface area (Å²) in [4.78, 5) is 0. The predicted molar refractivity (Wildman–Crippen MR) is 76.0 cm³/mol. The number of furan rings is 1. The van der Waals surface area contributed by atoms with Gasteiger partial charge < -0.3 is 8.83 Å². The van der Waals surface area contributed by atoms with Gasteiger partial charge in [0.25, 0.3) is 0 Å². The molecule has 0 saturated carbocycles. The number of rotatable bonds is 5. The zero-order valence-corrected chi connectivity index (χ0v) is 11.4. The fourth-order valence-corrected chi connectivity index (χ4v) is 2.02. The Hall–Kier alpha value is -2.36. The standard InChI is InChI=1S/C16H16N2O2/c1-2-3-6-15-17-18-16(20-15)13-9-7-12(8-10-13)14-5-4-11-19-14/h4-5,7-11H,2-3,6H2,1H3. The molecule has 1 aromatic carbocycles. The van der Waals surface area contributed by atoms with Crippen LogP contribution in [0.2, 0.25) is 0 Å². The SMILES string of the molecule is CCCCc1nnc(-c2ccc(-c3ccco3)cc2)o1. The molecular weight excluding hydrogens is 252 g/mol. The van der Waals surface area contributed by atoms with Crippen LogP contribution in [0.3, 0.4) is 0 Å². The fourth-order valence-electron chi connectivity index (χ4n) is 2.02. The van der Waals surface area contributed by atoms with Gasteiger partial charge in [0.15, 0.2) is 0 Å². The summed E-state index contributed by atoms with van der Waals surface area (Å²) in [5, 5.41) is 8.16. The van der Waals surface area contributed by atoms with Crippen molar-refractivity contribution in [2.24, 2.45) is 0 Å². The number of hydrogen-bond donors (Lipinski definition) is 0. The first-order valence-electron chi connectivity index (χ1n) is 6.83. The van der Waals surface area contributed by atoms with Crippen molar-refractivity contribution in [2.45, 2.75) is 26.2 Å². The Morgan fingerprint density at radius 3 is 2.50 bits per heavy atom. The molecule has 0 amide bonds. The van der Waals surface area contributed by atoms with Crippen LogP contribution in [0.15, 0.2) is 51.5 Å². The van der Waals surface area contributed by atoms with E-state index in [4.69, 9.17) is 8.83 Å². The Morgan fingerprint density at radius 2 is 1.80 bits per heavy atom. The maximum atomic E-state index is 5.66. The van der Waals surface area contributed by atoms with E-state index in [1.54, 1.807) is 6.26 Å². The predicted octanol–water partition coefficient (Wildman–Crippen LogP) is 4.34. The van der Waals surface area contributed by atoms with Crippen LogP contribution >= 0.6 is 0 Å². The van der Waals surface area contributed by atoms with Crippen LogP contribution < -0.4 is 0 Å². The lowest BCUT2D eigenvalue weighted by atomic mass is 10.1. The molecule has 0 bridgehead atoms. The fraction of sp³-hybridized carbons (Fsp3) is 0.250. The Bertz CT molecular complexity index is 654. The lowest BCUT2D eigenvalue weighted by Crippen LogP contribution is -1.83. The van der Waals surface area contributed by atoms with Crippen LogP contribution in [0, 0.1) is 0 Å². The smallest absolute Gasteiger partial charge is 0.247 e. The van der Waals surface area contributed by atoms with Gasteiger partial charge in [-0.05, 0) is 30.7 Å². The summed E-state index contributed by atoms with van der Waals surface area (Å²) in [5.74, 6) is 2.13.